The zero-order valence-corrected chi connectivity index (χ0v) is 26.4. The quantitative estimate of drug-likeness (QED) is 0.0827. The Balaban J connectivity index is 0.000000696. The van der Waals surface area contributed by atoms with Crippen LogP contribution in [0.1, 0.15) is 154 Å². The molecule has 0 spiro atoms. The fourth-order valence-corrected chi connectivity index (χ4v) is 5.05. The molecule has 0 atom stereocenters. The molecule has 0 fully saturated rings. The Morgan fingerprint density at radius 3 is 1.25 bits per heavy atom. The summed E-state index contributed by atoms with van der Waals surface area (Å²) >= 11 is 4.47. The molecule has 0 aliphatic rings. The van der Waals surface area contributed by atoms with Gasteiger partial charge in [-0.2, -0.15) is 0 Å². The second-order valence-electron chi connectivity index (χ2n) is 12.1. The molecule has 0 aromatic heterocycles. The molecule has 0 unspecified atom stereocenters. The van der Waals surface area contributed by atoms with Gasteiger partial charge in [0.15, 0.2) is 0 Å². The Morgan fingerprint density at radius 1 is 0.500 bits per heavy atom. The fraction of sp³-hybridized carbons (Fsp3) is 0.824. The van der Waals surface area contributed by atoms with Gasteiger partial charge in [-0.05, 0) is 37.3 Å². The number of hydrogen-bond acceptors (Lipinski definition) is 1. The summed E-state index contributed by atoms with van der Waals surface area (Å²) in [6.07, 6.45) is 31.2. The molecule has 0 radical (unpaired) electrons. The van der Waals surface area contributed by atoms with Crippen LogP contribution in [0.3, 0.4) is 0 Å². The predicted molar refractivity (Wildman–Crippen MR) is 169 cm³/mol. The van der Waals surface area contributed by atoms with Crippen molar-refractivity contribution in [1.29, 1.82) is 0 Å². The van der Waals surface area contributed by atoms with E-state index in [1.165, 1.54) is 153 Å². The van der Waals surface area contributed by atoms with Gasteiger partial charge in [-0.25, -0.2) is 0 Å². The third-order valence-corrected chi connectivity index (χ3v) is 7.66. The first-order valence-corrected chi connectivity index (χ1v) is 16.4. The summed E-state index contributed by atoms with van der Waals surface area (Å²) in [4.78, 5) is 1.15. The smallest absolute Gasteiger partial charge is 0.0780 e. The van der Waals surface area contributed by atoms with Crippen molar-refractivity contribution in [2.75, 3.05) is 27.7 Å². The van der Waals surface area contributed by atoms with E-state index in [9.17, 15) is 0 Å². The van der Waals surface area contributed by atoms with Crippen LogP contribution in [-0.2, 0) is 6.42 Å². The lowest BCUT2D eigenvalue weighted by Crippen LogP contribution is -2.35. The summed E-state index contributed by atoms with van der Waals surface area (Å²) in [6.45, 7) is 5.89. The average Bonchev–Trinajstić information content (AvgIpc) is 2.84. The van der Waals surface area contributed by atoms with Crippen molar-refractivity contribution < 1.29 is 4.48 Å². The highest BCUT2D eigenvalue weighted by Crippen LogP contribution is 2.17. The minimum atomic E-state index is 1.12. The van der Waals surface area contributed by atoms with Gasteiger partial charge in [-0.3, -0.25) is 0 Å². The van der Waals surface area contributed by atoms with Crippen LogP contribution < -0.4 is 0 Å². The molecule has 0 amide bonds. The summed E-state index contributed by atoms with van der Waals surface area (Å²) in [6, 6.07) is 8.44. The molecular formula is C34H66NS+. The van der Waals surface area contributed by atoms with Gasteiger partial charge in [0.2, 0.25) is 0 Å². The fourth-order valence-electron chi connectivity index (χ4n) is 4.78. The summed E-state index contributed by atoms with van der Waals surface area (Å²) in [5.41, 5.74) is 1.40. The molecule has 1 aromatic rings. The van der Waals surface area contributed by atoms with E-state index in [1.54, 1.807) is 0 Å². The van der Waals surface area contributed by atoms with E-state index in [-0.39, 0.29) is 0 Å². The number of nitrogens with zero attached hydrogens (tertiary/aromatic N) is 1. The van der Waals surface area contributed by atoms with Gasteiger partial charge in [0.25, 0.3) is 0 Å². The molecule has 212 valence electrons. The van der Waals surface area contributed by atoms with E-state index in [0.29, 0.717) is 0 Å². The van der Waals surface area contributed by atoms with Crippen LogP contribution in [0.5, 0.6) is 0 Å². The molecule has 0 saturated carbocycles. The monoisotopic (exact) mass is 520 g/mol. The van der Waals surface area contributed by atoms with Crippen molar-refractivity contribution in [3.63, 3.8) is 0 Å². The van der Waals surface area contributed by atoms with Crippen molar-refractivity contribution in [2.24, 2.45) is 0 Å². The number of hydrogen-bond donors (Lipinski definition) is 1. The van der Waals surface area contributed by atoms with Gasteiger partial charge in [0, 0.05) is 4.90 Å². The highest BCUT2D eigenvalue weighted by atomic mass is 32.1. The van der Waals surface area contributed by atoms with E-state index in [0.717, 1.165) is 9.38 Å². The van der Waals surface area contributed by atoms with Gasteiger partial charge < -0.3 is 4.48 Å². The van der Waals surface area contributed by atoms with E-state index in [2.05, 4.69) is 71.9 Å². The highest BCUT2D eigenvalue weighted by molar-refractivity contribution is 7.80. The summed E-state index contributed by atoms with van der Waals surface area (Å²) in [5, 5.41) is 0. The number of unbranched alkanes of at least 4 members (excludes halogenated alkanes) is 19. The minimum absolute atomic E-state index is 1.12. The van der Waals surface area contributed by atoms with Crippen LogP contribution in [0.25, 0.3) is 0 Å². The van der Waals surface area contributed by atoms with Crippen molar-refractivity contribution in [1.82, 2.24) is 0 Å². The standard InChI is InChI=1S/C19H42N.C15H24S/c1-5-6-7-8-9-10-11-12-13-14-15-16-17-18-19-20(2,3)4;1-2-3-4-5-6-7-8-11-14-12-9-10-13-15(14)16/h5-19H2,1-4H3;9-10,12-13,16H,2-8,11H2,1H3/q+1;. The van der Waals surface area contributed by atoms with Gasteiger partial charge in [0.1, 0.15) is 0 Å². The van der Waals surface area contributed by atoms with E-state index < -0.39 is 0 Å². The summed E-state index contributed by atoms with van der Waals surface area (Å²) < 4.78 is 1.12. The zero-order chi connectivity index (χ0) is 26.7. The molecular weight excluding hydrogens is 454 g/mol. The van der Waals surface area contributed by atoms with E-state index >= 15 is 0 Å². The Morgan fingerprint density at radius 2 is 0.861 bits per heavy atom. The van der Waals surface area contributed by atoms with Crippen molar-refractivity contribution >= 4 is 12.6 Å². The maximum Gasteiger partial charge on any atom is 0.0780 e. The second-order valence-corrected chi connectivity index (χ2v) is 12.6. The maximum atomic E-state index is 4.47. The first-order chi connectivity index (χ1) is 17.4. The van der Waals surface area contributed by atoms with Crippen LogP contribution in [0.15, 0.2) is 29.2 Å². The minimum Gasteiger partial charge on any atom is -0.331 e. The maximum absolute atomic E-state index is 4.47. The van der Waals surface area contributed by atoms with Gasteiger partial charge in [0.05, 0.1) is 27.7 Å². The van der Waals surface area contributed by atoms with Crippen molar-refractivity contribution in [3.8, 4) is 0 Å². The molecule has 1 rings (SSSR count). The number of quaternary nitrogens is 1. The lowest BCUT2D eigenvalue weighted by Gasteiger charge is -2.23. The highest BCUT2D eigenvalue weighted by Gasteiger charge is 2.05. The normalized spacial score (nSPS) is 11.4. The zero-order valence-electron chi connectivity index (χ0n) is 25.5. The van der Waals surface area contributed by atoms with Gasteiger partial charge in [-0.1, -0.05) is 148 Å². The molecule has 0 saturated heterocycles. The Hall–Kier alpha value is -0.470. The van der Waals surface area contributed by atoms with Gasteiger partial charge >= 0.3 is 0 Å². The number of aryl methyl sites for hydroxylation is 1. The Bertz CT molecular complexity index is 563. The summed E-state index contributed by atoms with van der Waals surface area (Å²) in [5.74, 6) is 0. The molecule has 36 heavy (non-hydrogen) atoms. The predicted octanol–water partition coefficient (Wildman–Crippen LogP) is 11.4. The van der Waals surface area contributed by atoms with Gasteiger partial charge in [-0.15, -0.1) is 12.6 Å². The third-order valence-electron chi connectivity index (χ3n) is 7.22. The molecule has 0 N–H and O–H groups in total. The van der Waals surface area contributed by atoms with Crippen LogP contribution in [0.4, 0.5) is 0 Å². The number of benzene rings is 1. The summed E-state index contributed by atoms with van der Waals surface area (Å²) in [7, 11) is 6.88. The lowest BCUT2D eigenvalue weighted by atomic mass is 10.0. The molecule has 1 nitrogen and oxygen atoms in total. The number of thiol groups is 1. The molecule has 2 heteroatoms. The molecule has 0 aliphatic heterocycles. The Labute approximate surface area is 234 Å². The molecule has 0 heterocycles. The van der Waals surface area contributed by atoms with Crippen molar-refractivity contribution in [3.05, 3.63) is 29.8 Å². The molecule has 0 aliphatic carbocycles. The van der Waals surface area contributed by atoms with Crippen LogP contribution in [0.2, 0.25) is 0 Å². The van der Waals surface area contributed by atoms with E-state index in [4.69, 9.17) is 0 Å². The SMILES string of the molecule is CCCCCCCCCCCCCCCC[N+](C)(C)C.CCCCCCCCCc1ccccc1S. The first kappa shape index (κ1) is 35.5. The number of rotatable bonds is 23. The topological polar surface area (TPSA) is 0 Å². The Kier molecular flexibility index (Phi) is 25.8. The lowest BCUT2D eigenvalue weighted by molar-refractivity contribution is -0.870. The van der Waals surface area contributed by atoms with E-state index in [1.807, 2.05) is 0 Å². The first-order valence-electron chi connectivity index (χ1n) is 16.0. The van der Waals surface area contributed by atoms with Crippen LogP contribution in [-0.4, -0.2) is 32.2 Å². The molecule has 0 bridgehead atoms. The van der Waals surface area contributed by atoms with Crippen LogP contribution in [0, 0.1) is 0 Å². The third kappa shape index (κ3) is 26.6. The largest absolute Gasteiger partial charge is 0.331 e. The average molecular weight is 521 g/mol. The van der Waals surface area contributed by atoms with Crippen LogP contribution >= 0.6 is 12.6 Å². The second kappa shape index (κ2) is 26.1. The molecule has 1 aromatic carbocycles. The van der Waals surface area contributed by atoms with Crippen molar-refractivity contribution in [2.45, 2.75) is 160 Å².